The number of rotatable bonds is 5. The molecule has 0 amide bonds. The van der Waals surface area contributed by atoms with Crippen molar-refractivity contribution in [2.75, 3.05) is 11.9 Å². The van der Waals surface area contributed by atoms with E-state index in [9.17, 15) is 28.4 Å². The molecule has 0 saturated carbocycles. The molecule has 1 aromatic carbocycles. The largest absolute Gasteiger partial charge is 0.466 e. The van der Waals surface area contributed by atoms with E-state index in [1.54, 1.807) is 0 Å². The number of non-ortho nitro benzene ring substituents is 1. The molecule has 0 aliphatic rings. The minimum absolute atomic E-state index is 0.181. The van der Waals surface area contributed by atoms with Crippen LogP contribution in [-0.2, 0) is 11.8 Å². The third-order valence-electron chi connectivity index (χ3n) is 3.19. The molecule has 124 valence electrons. The summed E-state index contributed by atoms with van der Waals surface area (Å²) in [7, 11) is 0. The third kappa shape index (κ3) is 3.81. The summed E-state index contributed by atoms with van der Waals surface area (Å²) in [6.07, 6.45) is -3.44. The van der Waals surface area contributed by atoms with Crippen molar-refractivity contribution in [1.82, 2.24) is 0 Å². The topological polar surface area (TPSA) is 88.5 Å². The predicted octanol–water partition coefficient (Wildman–Crippen LogP) is 3.53. The van der Waals surface area contributed by atoms with Gasteiger partial charge in [-0.05, 0) is 25.1 Å². The number of anilines is 1. The molecule has 1 atom stereocenters. The summed E-state index contributed by atoms with van der Waals surface area (Å²) < 4.78 is 44.2. The number of nitrogens with zero attached hydrogens (tertiary/aromatic N) is 1. The molecule has 2 rings (SSSR count). The molecular weight excluding hydrogens is 317 g/mol. The van der Waals surface area contributed by atoms with Crippen molar-refractivity contribution in [2.24, 2.45) is 0 Å². The van der Waals surface area contributed by atoms with Gasteiger partial charge in [-0.3, -0.25) is 10.1 Å². The highest BCUT2D eigenvalue weighted by Gasteiger charge is 2.36. The Kier molecular flexibility index (Phi) is 4.33. The fraction of sp³-hybridized carbons (Fsp3) is 0.286. The van der Waals surface area contributed by atoms with Crippen molar-refractivity contribution in [3.05, 3.63) is 58.0 Å². The summed E-state index contributed by atoms with van der Waals surface area (Å²) >= 11 is 0. The van der Waals surface area contributed by atoms with E-state index < -0.39 is 28.0 Å². The summed E-state index contributed by atoms with van der Waals surface area (Å²) in [6.45, 7) is 1.10. The molecule has 0 saturated heterocycles. The minimum Gasteiger partial charge on any atom is -0.466 e. The second-order valence-electron chi connectivity index (χ2n) is 5.09. The number of aliphatic hydroxyl groups is 1. The number of nitro benzene ring substituents is 1. The molecule has 0 spiro atoms. The van der Waals surface area contributed by atoms with Crippen molar-refractivity contribution in [1.29, 1.82) is 0 Å². The van der Waals surface area contributed by atoms with Crippen LogP contribution in [0.2, 0.25) is 0 Å². The van der Waals surface area contributed by atoms with Gasteiger partial charge in [-0.2, -0.15) is 13.2 Å². The number of hydrogen-bond donors (Lipinski definition) is 2. The van der Waals surface area contributed by atoms with Crippen LogP contribution in [-0.4, -0.2) is 16.6 Å². The highest BCUT2D eigenvalue weighted by atomic mass is 19.4. The second kappa shape index (κ2) is 5.92. The van der Waals surface area contributed by atoms with Crippen LogP contribution in [0.5, 0.6) is 0 Å². The SMILES string of the molecule is CC(O)(CNc1ccc([N+](=O)[O-])cc1C(F)(F)F)c1ccco1. The molecule has 2 N–H and O–H groups in total. The molecule has 9 heteroatoms. The average Bonchev–Trinajstić information content (AvgIpc) is 2.99. The zero-order valence-electron chi connectivity index (χ0n) is 11.9. The van der Waals surface area contributed by atoms with Crippen LogP contribution in [0.1, 0.15) is 18.2 Å². The molecule has 0 radical (unpaired) electrons. The molecule has 1 aromatic heterocycles. The Morgan fingerprint density at radius 3 is 2.57 bits per heavy atom. The van der Waals surface area contributed by atoms with Gasteiger partial charge in [0.05, 0.1) is 23.3 Å². The van der Waals surface area contributed by atoms with Gasteiger partial charge in [0, 0.05) is 17.8 Å². The van der Waals surface area contributed by atoms with Gasteiger partial charge >= 0.3 is 6.18 Å². The Balaban J connectivity index is 2.27. The lowest BCUT2D eigenvalue weighted by Gasteiger charge is -2.23. The Labute approximate surface area is 128 Å². The number of halogens is 3. The molecule has 0 aliphatic heterocycles. The first-order valence-corrected chi connectivity index (χ1v) is 6.47. The first kappa shape index (κ1) is 16.8. The van der Waals surface area contributed by atoms with E-state index in [0.29, 0.717) is 6.07 Å². The van der Waals surface area contributed by atoms with Gasteiger partial charge < -0.3 is 14.8 Å². The van der Waals surface area contributed by atoms with E-state index in [2.05, 4.69) is 5.32 Å². The van der Waals surface area contributed by atoms with Gasteiger partial charge in [-0.25, -0.2) is 0 Å². The number of nitrogens with one attached hydrogen (secondary N) is 1. The Hall–Kier alpha value is -2.55. The lowest BCUT2D eigenvalue weighted by molar-refractivity contribution is -0.385. The summed E-state index contributed by atoms with van der Waals surface area (Å²) in [6, 6.07) is 5.39. The van der Waals surface area contributed by atoms with E-state index in [4.69, 9.17) is 4.42 Å². The maximum absolute atomic E-state index is 13.0. The van der Waals surface area contributed by atoms with Crippen molar-refractivity contribution in [3.8, 4) is 0 Å². The van der Waals surface area contributed by atoms with Gasteiger partial charge in [-0.1, -0.05) is 0 Å². The van der Waals surface area contributed by atoms with E-state index >= 15 is 0 Å². The monoisotopic (exact) mass is 330 g/mol. The molecule has 0 bridgehead atoms. The fourth-order valence-electron chi connectivity index (χ4n) is 1.97. The Morgan fingerprint density at radius 2 is 2.04 bits per heavy atom. The first-order chi connectivity index (χ1) is 10.6. The van der Waals surface area contributed by atoms with Crippen LogP contribution >= 0.6 is 0 Å². The molecular formula is C14H13F3N2O4. The number of furan rings is 1. The molecule has 23 heavy (non-hydrogen) atoms. The number of benzene rings is 1. The van der Waals surface area contributed by atoms with Crippen molar-refractivity contribution >= 4 is 11.4 Å². The first-order valence-electron chi connectivity index (χ1n) is 6.47. The van der Waals surface area contributed by atoms with Crippen molar-refractivity contribution in [3.63, 3.8) is 0 Å². The second-order valence-corrected chi connectivity index (χ2v) is 5.09. The minimum atomic E-state index is -4.77. The number of hydrogen-bond acceptors (Lipinski definition) is 5. The van der Waals surface area contributed by atoms with E-state index in [0.717, 1.165) is 12.1 Å². The van der Waals surface area contributed by atoms with E-state index in [1.165, 1.54) is 25.3 Å². The number of alkyl halides is 3. The van der Waals surface area contributed by atoms with Crippen LogP contribution in [0.25, 0.3) is 0 Å². The van der Waals surface area contributed by atoms with Gasteiger partial charge in [0.2, 0.25) is 0 Å². The van der Waals surface area contributed by atoms with Gasteiger partial charge in [0.15, 0.2) is 0 Å². The number of nitro groups is 1. The smallest absolute Gasteiger partial charge is 0.418 e. The summed E-state index contributed by atoms with van der Waals surface area (Å²) in [5, 5.41) is 23.3. The van der Waals surface area contributed by atoms with Crippen molar-refractivity contribution in [2.45, 2.75) is 18.7 Å². The zero-order valence-corrected chi connectivity index (χ0v) is 11.9. The third-order valence-corrected chi connectivity index (χ3v) is 3.19. The summed E-state index contributed by atoms with van der Waals surface area (Å²) in [4.78, 5) is 9.72. The van der Waals surface area contributed by atoms with Crippen LogP contribution < -0.4 is 5.32 Å². The summed E-state index contributed by atoms with van der Waals surface area (Å²) in [5.74, 6) is 0.181. The predicted molar refractivity (Wildman–Crippen MR) is 74.9 cm³/mol. The molecule has 6 nitrogen and oxygen atoms in total. The van der Waals surface area contributed by atoms with Crippen molar-refractivity contribution < 1.29 is 27.6 Å². The van der Waals surface area contributed by atoms with Crippen LogP contribution in [0.15, 0.2) is 41.0 Å². The highest BCUT2D eigenvalue weighted by molar-refractivity contribution is 5.57. The van der Waals surface area contributed by atoms with E-state index in [-0.39, 0.29) is 18.0 Å². The van der Waals surface area contributed by atoms with Gasteiger partial charge in [0.1, 0.15) is 11.4 Å². The quantitative estimate of drug-likeness (QED) is 0.647. The lowest BCUT2D eigenvalue weighted by Crippen LogP contribution is -2.30. The molecule has 0 aliphatic carbocycles. The standard InChI is InChI=1S/C14H13F3N2O4/c1-13(20,12-3-2-6-23-12)8-18-11-5-4-9(19(21)22)7-10(11)14(15,16)17/h2-7,18,20H,8H2,1H3. The summed E-state index contributed by atoms with van der Waals surface area (Å²) in [5.41, 5.74) is -3.76. The zero-order chi connectivity index (χ0) is 17.3. The Bertz CT molecular complexity index is 697. The highest BCUT2D eigenvalue weighted by Crippen LogP contribution is 2.37. The van der Waals surface area contributed by atoms with E-state index in [1.807, 2.05) is 0 Å². The lowest BCUT2D eigenvalue weighted by atomic mass is 10.0. The van der Waals surface area contributed by atoms with Crippen LogP contribution in [0.3, 0.4) is 0 Å². The van der Waals surface area contributed by atoms with Gasteiger partial charge in [0.25, 0.3) is 5.69 Å². The van der Waals surface area contributed by atoms with Crippen LogP contribution in [0, 0.1) is 10.1 Å². The van der Waals surface area contributed by atoms with Gasteiger partial charge in [-0.15, -0.1) is 0 Å². The van der Waals surface area contributed by atoms with Crippen LogP contribution in [0.4, 0.5) is 24.5 Å². The Morgan fingerprint density at radius 1 is 1.35 bits per heavy atom. The fourth-order valence-corrected chi connectivity index (χ4v) is 1.97. The average molecular weight is 330 g/mol. The molecule has 0 fully saturated rings. The molecule has 1 unspecified atom stereocenters. The normalized spacial score (nSPS) is 14.3. The molecule has 1 heterocycles. The maximum Gasteiger partial charge on any atom is 0.418 e. The maximum atomic E-state index is 13.0. The molecule has 2 aromatic rings.